The number of nitrogens with one attached hydrogen (secondary N) is 1. The minimum atomic E-state index is -0.416. The van der Waals surface area contributed by atoms with Crippen molar-refractivity contribution in [1.29, 1.82) is 5.41 Å². The summed E-state index contributed by atoms with van der Waals surface area (Å²) in [4.78, 5) is 0. The lowest BCUT2D eigenvalue weighted by Gasteiger charge is -2.16. The van der Waals surface area contributed by atoms with Crippen LogP contribution in [0.2, 0.25) is 0 Å². The van der Waals surface area contributed by atoms with Gasteiger partial charge in [-0.1, -0.05) is 13.3 Å². The highest BCUT2D eigenvalue weighted by Gasteiger charge is 2.11. The van der Waals surface area contributed by atoms with Crippen molar-refractivity contribution >= 4 is 5.84 Å². The van der Waals surface area contributed by atoms with E-state index in [1.165, 1.54) is 18.2 Å². The summed E-state index contributed by atoms with van der Waals surface area (Å²) in [7, 11) is 0. The Morgan fingerprint density at radius 3 is 2.81 bits per heavy atom. The Kier molecular flexibility index (Phi) is 4.28. The number of halogens is 1. The number of nitrogens with two attached hydrogens (primary N) is 1. The van der Waals surface area contributed by atoms with Crippen LogP contribution in [0.3, 0.4) is 0 Å². The smallest absolute Gasteiger partial charge is 0.130 e. The summed E-state index contributed by atoms with van der Waals surface area (Å²) in [5, 5.41) is 7.35. The largest absolute Gasteiger partial charge is 0.490 e. The van der Waals surface area contributed by atoms with Crippen LogP contribution in [0.4, 0.5) is 4.39 Å². The van der Waals surface area contributed by atoms with Crippen LogP contribution in [-0.4, -0.2) is 11.9 Å². The van der Waals surface area contributed by atoms with Crippen LogP contribution >= 0.6 is 0 Å². The average molecular weight is 224 g/mol. The molecule has 0 radical (unpaired) electrons. The highest BCUT2D eigenvalue weighted by atomic mass is 19.1. The normalized spacial score (nSPS) is 12.2. The van der Waals surface area contributed by atoms with E-state index in [0.717, 1.165) is 12.8 Å². The maximum atomic E-state index is 13.0. The van der Waals surface area contributed by atoms with Gasteiger partial charge >= 0.3 is 0 Å². The summed E-state index contributed by atoms with van der Waals surface area (Å²) in [5.74, 6) is -0.131. The van der Waals surface area contributed by atoms with E-state index in [9.17, 15) is 4.39 Å². The summed E-state index contributed by atoms with van der Waals surface area (Å²) in [6.07, 6.45) is 1.96. The van der Waals surface area contributed by atoms with Crippen molar-refractivity contribution in [2.45, 2.75) is 32.8 Å². The van der Waals surface area contributed by atoms with Crippen LogP contribution in [0.25, 0.3) is 0 Å². The molecule has 16 heavy (non-hydrogen) atoms. The Hall–Kier alpha value is -1.58. The number of rotatable bonds is 5. The van der Waals surface area contributed by atoms with Crippen LogP contribution in [0, 0.1) is 11.2 Å². The summed E-state index contributed by atoms with van der Waals surface area (Å²) in [6, 6.07) is 4.04. The molecule has 1 rings (SSSR count). The molecular weight excluding hydrogens is 207 g/mol. The molecule has 0 amide bonds. The minimum absolute atomic E-state index is 0.0357. The fourth-order valence-corrected chi connectivity index (χ4v) is 1.50. The molecule has 1 unspecified atom stereocenters. The molecule has 0 fully saturated rings. The third kappa shape index (κ3) is 3.22. The Morgan fingerprint density at radius 2 is 2.25 bits per heavy atom. The van der Waals surface area contributed by atoms with Crippen molar-refractivity contribution < 1.29 is 9.13 Å². The average Bonchev–Trinajstić information content (AvgIpc) is 2.20. The van der Waals surface area contributed by atoms with Gasteiger partial charge in [0.15, 0.2) is 0 Å². The summed E-state index contributed by atoms with van der Waals surface area (Å²) in [6.45, 7) is 4.01. The van der Waals surface area contributed by atoms with Crippen LogP contribution in [0.5, 0.6) is 5.75 Å². The van der Waals surface area contributed by atoms with E-state index in [1.54, 1.807) is 0 Å². The number of nitrogen functional groups attached to an aromatic ring is 1. The van der Waals surface area contributed by atoms with Crippen molar-refractivity contribution in [3.63, 3.8) is 0 Å². The summed E-state index contributed by atoms with van der Waals surface area (Å²) >= 11 is 0. The SMILES string of the molecule is CCCC(C)Oc1ccc(F)cc1C(=N)N. The monoisotopic (exact) mass is 224 g/mol. The Bertz CT molecular complexity index is 379. The Balaban J connectivity index is 2.90. The molecule has 0 saturated carbocycles. The van der Waals surface area contributed by atoms with Crippen molar-refractivity contribution in [1.82, 2.24) is 0 Å². The maximum absolute atomic E-state index is 13.0. The van der Waals surface area contributed by atoms with E-state index in [4.69, 9.17) is 15.9 Å². The van der Waals surface area contributed by atoms with E-state index in [-0.39, 0.29) is 11.9 Å². The third-order valence-corrected chi connectivity index (χ3v) is 2.26. The molecule has 1 aromatic carbocycles. The van der Waals surface area contributed by atoms with Crippen LogP contribution < -0.4 is 10.5 Å². The van der Waals surface area contributed by atoms with Gasteiger partial charge in [0, 0.05) is 0 Å². The molecular formula is C12H17FN2O. The van der Waals surface area contributed by atoms with Crippen molar-refractivity contribution in [2.24, 2.45) is 5.73 Å². The molecule has 0 aromatic heterocycles. The van der Waals surface area contributed by atoms with E-state index >= 15 is 0 Å². The Labute approximate surface area is 94.9 Å². The molecule has 0 bridgehead atoms. The van der Waals surface area contributed by atoms with E-state index in [1.807, 2.05) is 6.92 Å². The number of amidine groups is 1. The fourth-order valence-electron chi connectivity index (χ4n) is 1.50. The topological polar surface area (TPSA) is 59.1 Å². The van der Waals surface area contributed by atoms with Crippen LogP contribution in [0.1, 0.15) is 32.3 Å². The predicted octanol–water partition coefficient (Wildman–Crippen LogP) is 2.68. The minimum Gasteiger partial charge on any atom is -0.490 e. The summed E-state index contributed by atoms with van der Waals surface area (Å²) in [5.41, 5.74) is 5.68. The van der Waals surface area contributed by atoms with Gasteiger partial charge in [0.05, 0.1) is 11.7 Å². The van der Waals surface area contributed by atoms with Gasteiger partial charge in [-0.25, -0.2) is 4.39 Å². The second-order valence-corrected chi connectivity index (χ2v) is 3.77. The number of hydrogen-bond acceptors (Lipinski definition) is 2. The lowest BCUT2D eigenvalue weighted by Crippen LogP contribution is -2.17. The van der Waals surface area contributed by atoms with Gasteiger partial charge in [0.25, 0.3) is 0 Å². The lowest BCUT2D eigenvalue weighted by molar-refractivity contribution is 0.209. The molecule has 1 aromatic rings. The fraction of sp³-hybridized carbons (Fsp3) is 0.417. The molecule has 0 aliphatic rings. The third-order valence-electron chi connectivity index (χ3n) is 2.26. The van der Waals surface area contributed by atoms with Gasteiger partial charge < -0.3 is 10.5 Å². The zero-order valence-corrected chi connectivity index (χ0v) is 9.59. The molecule has 0 spiro atoms. The first-order valence-electron chi connectivity index (χ1n) is 5.35. The van der Waals surface area contributed by atoms with Crippen LogP contribution in [0.15, 0.2) is 18.2 Å². The highest BCUT2D eigenvalue weighted by Crippen LogP contribution is 2.21. The molecule has 0 heterocycles. The zero-order valence-electron chi connectivity index (χ0n) is 9.59. The Morgan fingerprint density at radius 1 is 1.56 bits per heavy atom. The molecule has 1 atom stereocenters. The van der Waals surface area contributed by atoms with E-state index in [2.05, 4.69) is 6.92 Å². The van der Waals surface area contributed by atoms with Gasteiger partial charge in [0.2, 0.25) is 0 Å². The van der Waals surface area contributed by atoms with E-state index in [0.29, 0.717) is 11.3 Å². The van der Waals surface area contributed by atoms with E-state index < -0.39 is 5.82 Å². The first-order valence-corrected chi connectivity index (χ1v) is 5.35. The second-order valence-electron chi connectivity index (χ2n) is 3.77. The standard InChI is InChI=1S/C12H17FN2O/c1-3-4-8(2)16-11-6-5-9(13)7-10(11)12(14)15/h5-8H,3-4H2,1-2H3,(H3,14,15). The lowest BCUT2D eigenvalue weighted by atomic mass is 10.1. The number of ether oxygens (including phenoxy) is 1. The van der Waals surface area contributed by atoms with Crippen molar-refractivity contribution in [3.05, 3.63) is 29.6 Å². The van der Waals surface area contributed by atoms with Gasteiger partial charge in [-0.3, -0.25) is 5.41 Å². The van der Waals surface area contributed by atoms with Crippen molar-refractivity contribution in [2.75, 3.05) is 0 Å². The molecule has 0 saturated heterocycles. The predicted molar refractivity (Wildman–Crippen MR) is 62.4 cm³/mol. The zero-order chi connectivity index (χ0) is 12.1. The molecule has 0 aliphatic carbocycles. The van der Waals surface area contributed by atoms with Gasteiger partial charge in [-0.05, 0) is 31.5 Å². The van der Waals surface area contributed by atoms with Crippen LogP contribution in [-0.2, 0) is 0 Å². The second kappa shape index (κ2) is 5.49. The quantitative estimate of drug-likeness (QED) is 0.596. The molecule has 3 N–H and O–H groups in total. The number of benzene rings is 1. The van der Waals surface area contributed by atoms with Gasteiger partial charge in [0.1, 0.15) is 17.4 Å². The molecule has 4 heteroatoms. The van der Waals surface area contributed by atoms with Gasteiger partial charge in [-0.15, -0.1) is 0 Å². The van der Waals surface area contributed by atoms with Gasteiger partial charge in [-0.2, -0.15) is 0 Å². The molecule has 0 aliphatic heterocycles. The number of hydrogen-bond donors (Lipinski definition) is 2. The highest BCUT2D eigenvalue weighted by molar-refractivity contribution is 5.97. The first-order chi connectivity index (χ1) is 7.54. The molecule has 88 valence electrons. The molecule has 3 nitrogen and oxygen atoms in total. The maximum Gasteiger partial charge on any atom is 0.130 e. The van der Waals surface area contributed by atoms with Crippen molar-refractivity contribution in [3.8, 4) is 5.75 Å². The first kappa shape index (κ1) is 12.5. The summed E-state index contributed by atoms with van der Waals surface area (Å²) < 4.78 is 18.6.